The van der Waals surface area contributed by atoms with Gasteiger partial charge in [0.25, 0.3) is 0 Å². The lowest BCUT2D eigenvalue weighted by atomic mass is 10.1. The first kappa shape index (κ1) is 9.39. The van der Waals surface area contributed by atoms with Crippen molar-refractivity contribution in [2.24, 2.45) is 0 Å². The number of carbonyl (C=O) groups excluding carboxylic acids is 1. The molecule has 0 saturated heterocycles. The molecule has 15 heavy (non-hydrogen) atoms. The summed E-state index contributed by atoms with van der Waals surface area (Å²) in [6.07, 6.45) is 2.80. The predicted octanol–water partition coefficient (Wildman–Crippen LogP) is 1.31. The Balaban J connectivity index is 2.27. The quantitative estimate of drug-likeness (QED) is 0.705. The zero-order chi connectivity index (χ0) is 10.7. The van der Waals surface area contributed by atoms with Gasteiger partial charge in [0, 0.05) is 6.07 Å². The van der Waals surface area contributed by atoms with E-state index in [1.807, 2.05) is 0 Å². The Labute approximate surface area is 85.7 Å². The Morgan fingerprint density at radius 2 is 2.20 bits per heavy atom. The van der Waals surface area contributed by atoms with Crippen LogP contribution in [0.5, 0.6) is 5.88 Å². The maximum Gasteiger partial charge on any atom is 0.233 e. The minimum atomic E-state index is -0.223. The van der Waals surface area contributed by atoms with Crippen molar-refractivity contribution in [2.75, 3.05) is 7.11 Å². The van der Waals surface area contributed by atoms with E-state index in [2.05, 4.69) is 10.2 Å². The van der Waals surface area contributed by atoms with Gasteiger partial charge in [-0.1, -0.05) is 0 Å². The van der Waals surface area contributed by atoms with E-state index in [0.717, 1.165) is 0 Å². The number of nitrogens with zero attached hydrogens (tertiary/aromatic N) is 2. The van der Waals surface area contributed by atoms with Gasteiger partial charge < -0.3 is 9.15 Å². The average Bonchev–Trinajstić information content (AvgIpc) is 2.82. The number of hydrogen-bond donors (Lipinski definition) is 0. The smallest absolute Gasteiger partial charge is 0.233 e. The summed E-state index contributed by atoms with van der Waals surface area (Å²) in [6, 6.07) is 4.72. The maximum absolute atomic E-state index is 11.7. The van der Waals surface area contributed by atoms with Crippen molar-refractivity contribution in [1.82, 2.24) is 10.2 Å². The highest BCUT2D eigenvalue weighted by atomic mass is 16.5. The molecule has 0 aromatic carbocycles. The number of hydrogen-bond acceptors (Lipinski definition) is 5. The molecule has 0 amide bonds. The van der Waals surface area contributed by atoms with Crippen LogP contribution in [0.3, 0.4) is 0 Å². The van der Waals surface area contributed by atoms with Crippen LogP contribution in [0.2, 0.25) is 0 Å². The highest BCUT2D eigenvalue weighted by Gasteiger charge is 2.12. The number of ketones is 1. The highest BCUT2D eigenvalue weighted by molar-refractivity contribution is 6.07. The molecule has 2 aromatic rings. The Kier molecular flexibility index (Phi) is 2.45. The molecule has 0 radical (unpaired) electrons. The van der Waals surface area contributed by atoms with Gasteiger partial charge in [0.1, 0.15) is 12.0 Å². The van der Waals surface area contributed by atoms with Gasteiger partial charge in [-0.2, -0.15) is 0 Å². The minimum Gasteiger partial charge on any atom is -0.480 e. The average molecular weight is 204 g/mol. The van der Waals surface area contributed by atoms with Gasteiger partial charge in [-0.05, 0) is 12.1 Å². The fraction of sp³-hybridized carbons (Fsp3) is 0.100. The Morgan fingerprint density at radius 3 is 2.73 bits per heavy atom. The largest absolute Gasteiger partial charge is 0.480 e. The van der Waals surface area contributed by atoms with Crippen molar-refractivity contribution < 1.29 is 13.9 Å². The minimum absolute atomic E-state index is 0.223. The second-order valence-corrected chi connectivity index (χ2v) is 2.80. The first-order valence-corrected chi connectivity index (χ1v) is 4.26. The molecule has 0 fully saturated rings. The Bertz CT molecular complexity index is 448. The normalized spacial score (nSPS) is 9.93. The lowest BCUT2D eigenvalue weighted by Crippen LogP contribution is -2.04. The molecule has 5 heteroatoms. The van der Waals surface area contributed by atoms with E-state index in [1.165, 1.54) is 19.6 Å². The molecule has 2 heterocycles. The van der Waals surface area contributed by atoms with Crippen LogP contribution in [0.1, 0.15) is 16.1 Å². The SMILES string of the molecule is COc1ccc(C(=O)c2ccoc2)nn1. The van der Waals surface area contributed by atoms with E-state index in [0.29, 0.717) is 11.4 Å². The number of ether oxygens (including phenoxy) is 1. The lowest BCUT2D eigenvalue weighted by Gasteiger charge is -1.98. The topological polar surface area (TPSA) is 65.2 Å². The highest BCUT2D eigenvalue weighted by Crippen LogP contribution is 2.09. The third-order valence-electron chi connectivity index (χ3n) is 1.87. The summed E-state index contributed by atoms with van der Waals surface area (Å²) in [5.74, 6) is 0.151. The third kappa shape index (κ3) is 1.85. The van der Waals surface area contributed by atoms with Crippen molar-refractivity contribution in [2.45, 2.75) is 0 Å². The summed E-state index contributed by atoms with van der Waals surface area (Å²) in [5.41, 5.74) is 0.715. The number of furan rings is 1. The van der Waals surface area contributed by atoms with Gasteiger partial charge in [0.05, 0.1) is 18.9 Å². The number of rotatable bonds is 3. The summed E-state index contributed by atoms with van der Waals surface area (Å²) < 4.78 is 9.64. The van der Waals surface area contributed by atoms with Crippen LogP contribution in [0, 0.1) is 0 Å². The molecule has 0 aliphatic rings. The third-order valence-corrected chi connectivity index (χ3v) is 1.87. The molecule has 0 bridgehead atoms. The Hall–Kier alpha value is -2.17. The maximum atomic E-state index is 11.7. The van der Waals surface area contributed by atoms with Crippen molar-refractivity contribution >= 4 is 5.78 Å². The van der Waals surface area contributed by atoms with Gasteiger partial charge in [-0.15, -0.1) is 10.2 Å². The van der Waals surface area contributed by atoms with Crippen LogP contribution >= 0.6 is 0 Å². The van der Waals surface area contributed by atoms with Crippen LogP contribution in [0.25, 0.3) is 0 Å². The fourth-order valence-electron chi connectivity index (χ4n) is 1.09. The van der Waals surface area contributed by atoms with Crippen molar-refractivity contribution in [3.63, 3.8) is 0 Å². The first-order valence-electron chi connectivity index (χ1n) is 4.26. The zero-order valence-corrected chi connectivity index (χ0v) is 8.01. The molecular weight excluding hydrogens is 196 g/mol. The Morgan fingerprint density at radius 1 is 1.33 bits per heavy atom. The van der Waals surface area contributed by atoms with E-state index in [1.54, 1.807) is 18.2 Å². The van der Waals surface area contributed by atoms with E-state index in [4.69, 9.17) is 9.15 Å². The molecule has 0 unspecified atom stereocenters. The van der Waals surface area contributed by atoms with Crippen LogP contribution in [0.15, 0.2) is 35.1 Å². The summed E-state index contributed by atoms with van der Waals surface area (Å²) in [4.78, 5) is 11.7. The number of aromatic nitrogens is 2. The molecule has 76 valence electrons. The van der Waals surface area contributed by atoms with Gasteiger partial charge in [0.2, 0.25) is 11.7 Å². The summed E-state index contributed by atoms with van der Waals surface area (Å²) in [5, 5.41) is 7.44. The summed E-state index contributed by atoms with van der Waals surface area (Å²) in [7, 11) is 1.49. The molecule has 0 aliphatic heterocycles. The zero-order valence-electron chi connectivity index (χ0n) is 8.01. The van der Waals surface area contributed by atoms with E-state index in [-0.39, 0.29) is 11.5 Å². The van der Waals surface area contributed by atoms with Crippen molar-refractivity contribution in [3.05, 3.63) is 42.0 Å². The second-order valence-electron chi connectivity index (χ2n) is 2.80. The fourth-order valence-corrected chi connectivity index (χ4v) is 1.09. The van der Waals surface area contributed by atoms with Gasteiger partial charge in [-0.3, -0.25) is 4.79 Å². The molecule has 5 nitrogen and oxygen atoms in total. The standard InChI is InChI=1S/C10H8N2O3/c1-14-9-3-2-8(11-12-9)10(13)7-4-5-15-6-7/h2-6H,1H3. The lowest BCUT2D eigenvalue weighted by molar-refractivity contribution is 0.103. The van der Waals surface area contributed by atoms with Crippen LogP contribution in [-0.4, -0.2) is 23.1 Å². The van der Waals surface area contributed by atoms with Crippen molar-refractivity contribution in [3.8, 4) is 5.88 Å². The van der Waals surface area contributed by atoms with Crippen molar-refractivity contribution in [1.29, 1.82) is 0 Å². The summed E-state index contributed by atoms with van der Waals surface area (Å²) >= 11 is 0. The van der Waals surface area contributed by atoms with Crippen LogP contribution in [-0.2, 0) is 0 Å². The molecule has 0 saturated carbocycles. The predicted molar refractivity (Wildman–Crippen MR) is 50.7 cm³/mol. The van der Waals surface area contributed by atoms with E-state index >= 15 is 0 Å². The van der Waals surface area contributed by atoms with Gasteiger partial charge >= 0.3 is 0 Å². The van der Waals surface area contributed by atoms with Crippen LogP contribution in [0.4, 0.5) is 0 Å². The molecule has 0 spiro atoms. The number of methoxy groups -OCH3 is 1. The molecule has 0 aliphatic carbocycles. The molecule has 0 atom stereocenters. The molecule has 2 rings (SSSR count). The van der Waals surface area contributed by atoms with Gasteiger partial charge in [0.15, 0.2) is 0 Å². The van der Waals surface area contributed by atoms with Crippen LogP contribution < -0.4 is 4.74 Å². The summed E-state index contributed by atoms with van der Waals surface area (Å²) in [6.45, 7) is 0. The molecular formula is C10H8N2O3. The molecule has 2 aromatic heterocycles. The van der Waals surface area contributed by atoms with E-state index < -0.39 is 0 Å². The molecule has 0 N–H and O–H groups in total. The number of carbonyl (C=O) groups is 1. The monoisotopic (exact) mass is 204 g/mol. The first-order chi connectivity index (χ1) is 7.31. The second kappa shape index (κ2) is 3.91. The van der Waals surface area contributed by atoms with Gasteiger partial charge in [-0.25, -0.2) is 0 Å². The van der Waals surface area contributed by atoms with E-state index in [9.17, 15) is 4.79 Å².